The topological polar surface area (TPSA) is 55.4 Å². The first kappa shape index (κ1) is 15.3. The quantitative estimate of drug-likeness (QED) is 0.889. The molecule has 7 heteroatoms. The molecule has 4 nitrogen and oxygen atoms in total. The number of hydrogen-bond acceptors (Lipinski definition) is 3. The van der Waals surface area contributed by atoms with Crippen molar-refractivity contribution < 1.29 is 13.2 Å². The number of methoxy groups -OCH3 is 1. The SMILES string of the molecule is COC1CCCC1NS(=O)(=O)c1ccc(Br)cc1Cl. The summed E-state index contributed by atoms with van der Waals surface area (Å²) in [4.78, 5) is 0.0964. The van der Waals surface area contributed by atoms with Gasteiger partial charge in [0.2, 0.25) is 10.0 Å². The van der Waals surface area contributed by atoms with Crippen LogP contribution in [0.25, 0.3) is 0 Å². The molecule has 2 atom stereocenters. The molecule has 1 saturated carbocycles. The third kappa shape index (κ3) is 3.49. The highest BCUT2D eigenvalue weighted by Gasteiger charge is 2.32. The van der Waals surface area contributed by atoms with Gasteiger partial charge in [0.25, 0.3) is 0 Å². The standard InChI is InChI=1S/C12H15BrClNO3S/c1-18-11-4-2-3-10(11)15-19(16,17)12-6-5-8(13)7-9(12)14/h5-7,10-11,15H,2-4H2,1H3. The zero-order valence-corrected chi connectivity index (χ0v) is 13.6. The Morgan fingerprint density at radius 3 is 2.79 bits per heavy atom. The van der Waals surface area contributed by atoms with E-state index in [0.717, 1.165) is 23.7 Å². The first-order valence-corrected chi connectivity index (χ1v) is 8.59. The molecule has 0 radical (unpaired) electrons. The molecule has 0 spiro atoms. The summed E-state index contributed by atoms with van der Waals surface area (Å²) in [5, 5.41) is 0.203. The number of sulfonamides is 1. The Bertz CT molecular complexity index is 564. The van der Waals surface area contributed by atoms with E-state index in [2.05, 4.69) is 20.7 Å². The van der Waals surface area contributed by atoms with Gasteiger partial charge in [-0.1, -0.05) is 27.5 Å². The van der Waals surface area contributed by atoms with Gasteiger partial charge in [-0.15, -0.1) is 0 Å². The molecule has 0 aromatic heterocycles. The van der Waals surface area contributed by atoms with Crippen molar-refractivity contribution in [2.45, 2.75) is 36.3 Å². The number of nitrogens with one attached hydrogen (secondary N) is 1. The highest BCUT2D eigenvalue weighted by Crippen LogP contribution is 2.28. The molecule has 0 heterocycles. The minimum atomic E-state index is -3.62. The second-order valence-corrected chi connectivity index (χ2v) is 7.51. The van der Waals surface area contributed by atoms with E-state index >= 15 is 0 Å². The second kappa shape index (κ2) is 6.10. The summed E-state index contributed by atoms with van der Waals surface area (Å²) in [5.74, 6) is 0. The monoisotopic (exact) mass is 367 g/mol. The van der Waals surface area contributed by atoms with Crippen LogP contribution >= 0.6 is 27.5 Å². The average molecular weight is 369 g/mol. The molecule has 106 valence electrons. The van der Waals surface area contributed by atoms with E-state index < -0.39 is 10.0 Å². The van der Waals surface area contributed by atoms with Crippen molar-refractivity contribution in [2.75, 3.05) is 7.11 Å². The number of benzene rings is 1. The smallest absolute Gasteiger partial charge is 0.242 e. The summed E-state index contributed by atoms with van der Waals surface area (Å²) in [6.07, 6.45) is 2.55. The Balaban J connectivity index is 2.23. The highest BCUT2D eigenvalue weighted by atomic mass is 79.9. The van der Waals surface area contributed by atoms with Crippen LogP contribution < -0.4 is 4.72 Å². The van der Waals surface area contributed by atoms with Gasteiger partial charge in [-0.25, -0.2) is 13.1 Å². The minimum absolute atomic E-state index is 0.0657. The minimum Gasteiger partial charge on any atom is -0.380 e. The summed E-state index contributed by atoms with van der Waals surface area (Å²) >= 11 is 9.24. The third-order valence-corrected chi connectivity index (χ3v) is 5.71. The lowest BCUT2D eigenvalue weighted by molar-refractivity contribution is 0.0916. The van der Waals surface area contributed by atoms with Crippen LogP contribution in [0.3, 0.4) is 0 Å². The second-order valence-electron chi connectivity index (χ2n) is 4.51. The lowest BCUT2D eigenvalue weighted by Gasteiger charge is -2.20. The molecular weight excluding hydrogens is 354 g/mol. The van der Waals surface area contributed by atoms with Crippen LogP contribution in [-0.2, 0) is 14.8 Å². The molecule has 0 saturated heterocycles. The van der Waals surface area contributed by atoms with E-state index in [4.69, 9.17) is 16.3 Å². The van der Waals surface area contributed by atoms with Gasteiger partial charge in [0.1, 0.15) is 4.90 Å². The van der Waals surface area contributed by atoms with E-state index in [1.54, 1.807) is 19.2 Å². The number of ether oxygens (including phenoxy) is 1. The maximum atomic E-state index is 12.3. The molecule has 0 amide bonds. The molecule has 19 heavy (non-hydrogen) atoms. The van der Waals surface area contributed by atoms with E-state index in [0.29, 0.717) is 0 Å². The maximum Gasteiger partial charge on any atom is 0.242 e. The molecule has 0 aliphatic heterocycles. The maximum absolute atomic E-state index is 12.3. The first-order chi connectivity index (χ1) is 8.94. The number of halogens is 2. The summed E-state index contributed by atoms with van der Waals surface area (Å²) < 4.78 is 33.3. The van der Waals surface area contributed by atoms with Crippen molar-refractivity contribution in [3.05, 3.63) is 27.7 Å². The molecule has 2 unspecified atom stereocenters. The Hall–Kier alpha value is -0.140. The lowest BCUT2D eigenvalue weighted by Crippen LogP contribution is -2.40. The van der Waals surface area contributed by atoms with Crippen LogP contribution in [0, 0.1) is 0 Å². The molecule has 2 rings (SSSR count). The van der Waals surface area contributed by atoms with Gasteiger partial charge < -0.3 is 4.74 Å². The van der Waals surface area contributed by atoms with E-state index in [-0.39, 0.29) is 22.1 Å². The normalized spacial score (nSPS) is 23.7. The Kier molecular flexibility index (Phi) is 4.89. The van der Waals surface area contributed by atoms with Crippen molar-refractivity contribution in [2.24, 2.45) is 0 Å². The van der Waals surface area contributed by atoms with Gasteiger partial charge in [-0.05, 0) is 37.5 Å². The van der Waals surface area contributed by atoms with Crippen molar-refractivity contribution in [3.63, 3.8) is 0 Å². The van der Waals surface area contributed by atoms with E-state index in [1.165, 1.54) is 6.07 Å². The largest absolute Gasteiger partial charge is 0.380 e. The van der Waals surface area contributed by atoms with Gasteiger partial charge in [-0.2, -0.15) is 0 Å². The van der Waals surface area contributed by atoms with Crippen LogP contribution in [-0.4, -0.2) is 27.7 Å². The highest BCUT2D eigenvalue weighted by molar-refractivity contribution is 9.10. The fourth-order valence-corrected chi connectivity index (χ4v) is 4.64. The van der Waals surface area contributed by atoms with Gasteiger partial charge in [-0.3, -0.25) is 0 Å². The molecule has 1 aliphatic carbocycles. The van der Waals surface area contributed by atoms with Crippen LogP contribution in [0.15, 0.2) is 27.6 Å². The fourth-order valence-electron chi connectivity index (χ4n) is 2.30. The molecule has 1 N–H and O–H groups in total. The number of rotatable bonds is 4. The zero-order chi connectivity index (χ0) is 14.0. The molecular formula is C12H15BrClNO3S. The molecule has 1 aliphatic rings. The molecule has 0 bridgehead atoms. The van der Waals surface area contributed by atoms with Crippen molar-refractivity contribution in [1.82, 2.24) is 4.72 Å². The van der Waals surface area contributed by atoms with E-state index in [9.17, 15) is 8.42 Å². The average Bonchev–Trinajstić information content (AvgIpc) is 2.74. The third-order valence-electron chi connectivity index (χ3n) is 3.25. The fraction of sp³-hybridized carbons (Fsp3) is 0.500. The molecule has 1 aromatic rings. The van der Waals surface area contributed by atoms with Crippen molar-refractivity contribution in [3.8, 4) is 0 Å². The Morgan fingerprint density at radius 1 is 1.42 bits per heavy atom. The van der Waals surface area contributed by atoms with Gasteiger partial charge in [0.05, 0.1) is 11.1 Å². The predicted octanol–water partition coefficient (Wildman–Crippen LogP) is 2.95. The van der Waals surface area contributed by atoms with Crippen LogP contribution in [0.5, 0.6) is 0 Å². The van der Waals surface area contributed by atoms with Crippen LogP contribution in [0.1, 0.15) is 19.3 Å². The Morgan fingerprint density at radius 2 is 2.16 bits per heavy atom. The van der Waals surface area contributed by atoms with Crippen LogP contribution in [0.4, 0.5) is 0 Å². The molecule has 1 aromatic carbocycles. The Labute approximate surface area is 126 Å². The summed E-state index contributed by atoms with van der Waals surface area (Å²) in [7, 11) is -2.02. The summed E-state index contributed by atoms with van der Waals surface area (Å²) in [5.41, 5.74) is 0. The van der Waals surface area contributed by atoms with Crippen LogP contribution in [0.2, 0.25) is 5.02 Å². The van der Waals surface area contributed by atoms with Crippen molar-refractivity contribution >= 4 is 37.6 Å². The summed E-state index contributed by atoms with van der Waals surface area (Å²) in [6, 6.07) is 4.53. The van der Waals surface area contributed by atoms with Gasteiger partial charge in [0.15, 0.2) is 0 Å². The van der Waals surface area contributed by atoms with Gasteiger partial charge >= 0.3 is 0 Å². The first-order valence-electron chi connectivity index (χ1n) is 5.94. The molecule has 1 fully saturated rings. The van der Waals surface area contributed by atoms with Gasteiger partial charge in [0, 0.05) is 17.6 Å². The van der Waals surface area contributed by atoms with E-state index in [1.807, 2.05) is 0 Å². The lowest BCUT2D eigenvalue weighted by atomic mass is 10.2. The summed E-state index contributed by atoms with van der Waals surface area (Å²) in [6.45, 7) is 0. The number of hydrogen-bond donors (Lipinski definition) is 1. The zero-order valence-electron chi connectivity index (χ0n) is 10.4. The predicted molar refractivity (Wildman–Crippen MR) is 77.9 cm³/mol. The van der Waals surface area contributed by atoms with Crippen molar-refractivity contribution in [1.29, 1.82) is 0 Å².